The molecule has 2 aromatic carbocycles. The third-order valence-electron chi connectivity index (χ3n) is 3.07. The van der Waals surface area contributed by atoms with Crippen molar-refractivity contribution in [2.75, 3.05) is 0 Å². The van der Waals surface area contributed by atoms with Crippen LogP contribution in [0, 0.1) is 23.0 Å². The van der Waals surface area contributed by atoms with E-state index in [1.807, 2.05) is 0 Å². The number of para-hydroxylation sites is 1. The quantitative estimate of drug-likeness (QED) is 0.776. The lowest BCUT2D eigenvalue weighted by Crippen LogP contribution is -1.97. The zero-order chi connectivity index (χ0) is 14.1. The van der Waals surface area contributed by atoms with E-state index in [1.165, 1.54) is 12.1 Å². The van der Waals surface area contributed by atoms with Crippen LogP contribution in [0.15, 0.2) is 36.4 Å². The number of hydrogen-bond acceptors (Lipinski definition) is 2. The van der Waals surface area contributed by atoms with E-state index in [4.69, 9.17) is 5.26 Å². The lowest BCUT2D eigenvalue weighted by molar-refractivity contribution is 0.500. The van der Waals surface area contributed by atoms with E-state index in [0.717, 1.165) is 6.07 Å². The number of halogens is 2. The molecular formula is C15H9F2N3. The summed E-state index contributed by atoms with van der Waals surface area (Å²) in [6, 6.07) is 11.3. The van der Waals surface area contributed by atoms with Gasteiger partial charge in [-0.3, -0.25) is 0 Å². The highest BCUT2D eigenvalue weighted by molar-refractivity contribution is 5.81. The second-order valence-electron chi connectivity index (χ2n) is 4.39. The van der Waals surface area contributed by atoms with Crippen LogP contribution in [0.4, 0.5) is 8.78 Å². The molecule has 0 aliphatic heterocycles. The third-order valence-corrected chi connectivity index (χ3v) is 3.07. The summed E-state index contributed by atoms with van der Waals surface area (Å²) in [7, 11) is 0. The Hall–Kier alpha value is -2.74. The van der Waals surface area contributed by atoms with Crippen LogP contribution in [0.1, 0.15) is 17.0 Å². The van der Waals surface area contributed by atoms with Gasteiger partial charge in [-0.15, -0.1) is 0 Å². The normalized spacial score (nSPS) is 10.7. The maximum Gasteiger partial charge on any atom is 0.162 e. The summed E-state index contributed by atoms with van der Waals surface area (Å²) in [5.41, 5.74) is 1.92. The van der Waals surface area contributed by atoms with Gasteiger partial charge in [0.1, 0.15) is 17.4 Å². The molecular weight excluding hydrogens is 260 g/mol. The Bertz CT molecular complexity index is 831. The number of benzene rings is 2. The lowest BCUT2D eigenvalue weighted by atomic mass is 10.1. The van der Waals surface area contributed by atoms with Gasteiger partial charge in [0.05, 0.1) is 11.1 Å². The van der Waals surface area contributed by atoms with E-state index in [2.05, 4.69) is 16.0 Å². The summed E-state index contributed by atoms with van der Waals surface area (Å²) < 4.78 is 26.8. The van der Waals surface area contributed by atoms with E-state index in [9.17, 15) is 8.78 Å². The SMILES string of the molecule is N#Cc1cccc2[nH]c(Cc3cccc(F)c3F)nc12. The molecule has 3 rings (SSSR count). The highest BCUT2D eigenvalue weighted by atomic mass is 19.2. The summed E-state index contributed by atoms with van der Waals surface area (Å²) in [6.07, 6.45) is 0.142. The van der Waals surface area contributed by atoms with Crippen LogP contribution >= 0.6 is 0 Å². The standard InChI is InChI=1S/C15H9F2N3/c16-11-5-1-3-9(14(11)17)7-13-19-12-6-2-4-10(8-18)15(12)20-13/h1-6H,7H2,(H,19,20). The van der Waals surface area contributed by atoms with E-state index >= 15 is 0 Å². The van der Waals surface area contributed by atoms with Crippen LogP contribution < -0.4 is 0 Å². The van der Waals surface area contributed by atoms with Gasteiger partial charge in [0.15, 0.2) is 11.6 Å². The van der Waals surface area contributed by atoms with Gasteiger partial charge in [-0.2, -0.15) is 5.26 Å². The van der Waals surface area contributed by atoms with Crippen molar-refractivity contribution in [3.63, 3.8) is 0 Å². The molecule has 98 valence electrons. The first kappa shape index (κ1) is 12.3. The van der Waals surface area contributed by atoms with E-state index < -0.39 is 11.6 Å². The largest absolute Gasteiger partial charge is 0.342 e. The van der Waals surface area contributed by atoms with Crippen molar-refractivity contribution < 1.29 is 8.78 Å². The van der Waals surface area contributed by atoms with Gasteiger partial charge in [-0.25, -0.2) is 13.8 Å². The summed E-state index contributed by atoms with van der Waals surface area (Å²) in [6.45, 7) is 0. The average Bonchev–Trinajstić information content (AvgIpc) is 2.86. The van der Waals surface area contributed by atoms with Crippen LogP contribution in [-0.2, 0) is 6.42 Å². The second-order valence-corrected chi connectivity index (χ2v) is 4.39. The molecule has 1 aromatic heterocycles. The summed E-state index contributed by atoms with van der Waals surface area (Å²) in [4.78, 5) is 7.30. The molecule has 0 atom stereocenters. The minimum atomic E-state index is -0.878. The fourth-order valence-electron chi connectivity index (χ4n) is 2.12. The first-order valence-corrected chi connectivity index (χ1v) is 5.99. The molecule has 1 N–H and O–H groups in total. The van der Waals surface area contributed by atoms with Crippen LogP contribution in [-0.4, -0.2) is 9.97 Å². The minimum absolute atomic E-state index is 0.142. The van der Waals surface area contributed by atoms with E-state index in [-0.39, 0.29) is 12.0 Å². The van der Waals surface area contributed by atoms with Crippen molar-refractivity contribution in [2.24, 2.45) is 0 Å². The Morgan fingerprint density at radius 3 is 2.75 bits per heavy atom. The molecule has 0 saturated carbocycles. The number of fused-ring (bicyclic) bond motifs is 1. The van der Waals surface area contributed by atoms with Crippen LogP contribution in [0.5, 0.6) is 0 Å². The molecule has 0 radical (unpaired) electrons. The molecule has 5 heteroatoms. The molecule has 3 aromatic rings. The first-order valence-electron chi connectivity index (χ1n) is 5.99. The molecule has 3 nitrogen and oxygen atoms in total. The number of aromatic nitrogens is 2. The predicted octanol–water partition coefficient (Wildman–Crippen LogP) is 3.30. The number of imidazole rings is 1. The van der Waals surface area contributed by atoms with E-state index in [1.54, 1.807) is 18.2 Å². The minimum Gasteiger partial charge on any atom is -0.342 e. The van der Waals surface area contributed by atoms with Crippen molar-refractivity contribution in [1.82, 2.24) is 9.97 Å². The fourth-order valence-corrected chi connectivity index (χ4v) is 2.12. The van der Waals surface area contributed by atoms with E-state index in [0.29, 0.717) is 22.4 Å². The van der Waals surface area contributed by atoms with Crippen molar-refractivity contribution in [3.8, 4) is 6.07 Å². The van der Waals surface area contributed by atoms with Gasteiger partial charge in [-0.05, 0) is 23.8 Å². The van der Waals surface area contributed by atoms with Gasteiger partial charge in [0, 0.05) is 6.42 Å². The van der Waals surface area contributed by atoms with Crippen molar-refractivity contribution in [3.05, 3.63) is 65.0 Å². The van der Waals surface area contributed by atoms with Crippen molar-refractivity contribution in [1.29, 1.82) is 5.26 Å². The average molecular weight is 269 g/mol. The smallest absolute Gasteiger partial charge is 0.162 e. The zero-order valence-electron chi connectivity index (χ0n) is 10.3. The first-order chi connectivity index (χ1) is 9.69. The number of nitrogens with one attached hydrogen (secondary N) is 1. The molecule has 1 heterocycles. The lowest BCUT2D eigenvalue weighted by Gasteiger charge is -2.01. The molecule has 0 aliphatic rings. The topological polar surface area (TPSA) is 52.5 Å². The number of rotatable bonds is 2. The summed E-state index contributed by atoms with van der Waals surface area (Å²) in [5.74, 6) is -1.25. The number of hydrogen-bond donors (Lipinski definition) is 1. The van der Waals surface area contributed by atoms with Crippen molar-refractivity contribution in [2.45, 2.75) is 6.42 Å². The fraction of sp³-hybridized carbons (Fsp3) is 0.0667. The van der Waals surface area contributed by atoms with Crippen molar-refractivity contribution >= 4 is 11.0 Å². The maximum absolute atomic E-state index is 13.6. The van der Waals surface area contributed by atoms with Gasteiger partial charge >= 0.3 is 0 Å². The van der Waals surface area contributed by atoms with Gasteiger partial charge in [0.2, 0.25) is 0 Å². The Kier molecular flexibility index (Phi) is 2.92. The molecule has 0 aliphatic carbocycles. The Morgan fingerprint density at radius 1 is 1.15 bits per heavy atom. The molecule has 0 unspecified atom stereocenters. The summed E-state index contributed by atoms with van der Waals surface area (Å²) in [5, 5.41) is 9.00. The number of nitrogens with zero attached hydrogens (tertiary/aromatic N) is 2. The number of aromatic amines is 1. The Morgan fingerprint density at radius 2 is 1.95 bits per heavy atom. The number of nitriles is 1. The number of H-pyrrole nitrogens is 1. The molecule has 0 amide bonds. The highest BCUT2D eigenvalue weighted by Crippen LogP contribution is 2.19. The molecule has 0 saturated heterocycles. The molecule has 0 bridgehead atoms. The summed E-state index contributed by atoms with van der Waals surface area (Å²) >= 11 is 0. The van der Waals surface area contributed by atoms with Crippen LogP contribution in [0.25, 0.3) is 11.0 Å². The Balaban J connectivity index is 2.04. The molecule has 0 spiro atoms. The third kappa shape index (κ3) is 2.01. The maximum atomic E-state index is 13.6. The van der Waals surface area contributed by atoms with Gasteiger partial charge in [0.25, 0.3) is 0 Å². The van der Waals surface area contributed by atoms with Gasteiger partial charge < -0.3 is 4.98 Å². The monoisotopic (exact) mass is 269 g/mol. The van der Waals surface area contributed by atoms with Gasteiger partial charge in [-0.1, -0.05) is 18.2 Å². The zero-order valence-corrected chi connectivity index (χ0v) is 10.3. The highest BCUT2D eigenvalue weighted by Gasteiger charge is 2.12. The predicted molar refractivity (Wildman–Crippen MR) is 70.0 cm³/mol. The Labute approximate surface area is 113 Å². The molecule has 20 heavy (non-hydrogen) atoms. The van der Waals surface area contributed by atoms with Crippen LogP contribution in [0.3, 0.4) is 0 Å². The molecule has 0 fully saturated rings. The van der Waals surface area contributed by atoms with Crippen LogP contribution in [0.2, 0.25) is 0 Å². The second kappa shape index (κ2) is 4.74.